The number of hydrogen-bond acceptors (Lipinski definition) is 2. The fourth-order valence-electron chi connectivity index (χ4n) is 2.57. The Labute approximate surface area is 74.1 Å². The second kappa shape index (κ2) is 2.24. The van der Waals surface area contributed by atoms with E-state index >= 15 is 0 Å². The van der Waals surface area contributed by atoms with Gasteiger partial charge < -0.3 is 10.8 Å². The van der Waals surface area contributed by atoms with E-state index in [0.29, 0.717) is 11.8 Å². The maximum atomic E-state index is 9.73. The lowest BCUT2D eigenvalue weighted by Crippen LogP contribution is -2.23. The first-order chi connectivity index (χ1) is 5.49. The van der Waals surface area contributed by atoms with Crippen LogP contribution in [-0.4, -0.2) is 16.2 Å². The lowest BCUT2D eigenvalue weighted by molar-refractivity contribution is 0.129. The molecule has 2 saturated carbocycles. The third kappa shape index (κ3) is 1.17. The smallest absolute Gasteiger partial charge is 0.0653 e. The van der Waals surface area contributed by atoms with Crippen LogP contribution in [0.15, 0.2) is 0 Å². The topological polar surface area (TPSA) is 46.2 Å². The average molecular weight is 169 g/mol. The van der Waals surface area contributed by atoms with Crippen LogP contribution in [0.4, 0.5) is 0 Å². The summed E-state index contributed by atoms with van der Waals surface area (Å²) >= 11 is 0. The highest BCUT2D eigenvalue weighted by atomic mass is 16.3. The Morgan fingerprint density at radius 3 is 2.33 bits per heavy atom. The zero-order valence-corrected chi connectivity index (χ0v) is 8.01. The van der Waals surface area contributed by atoms with Crippen molar-refractivity contribution >= 4 is 0 Å². The van der Waals surface area contributed by atoms with Gasteiger partial charge in [0.2, 0.25) is 0 Å². The molecule has 2 heteroatoms. The summed E-state index contributed by atoms with van der Waals surface area (Å²) < 4.78 is 0. The van der Waals surface area contributed by atoms with Gasteiger partial charge in [0.05, 0.1) is 5.60 Å². The molecular formula is C10H19NO. The number of rotatable bonds is 3. The maximum absolute atomic E-state index is 9.73. The largest absolute Gasteiger partial charge is 0.390 e. The zero-order chi connectivity index (χ0) is 8.98. The van der Waals surface area contributed by atoms with Crippen LogP contribution in [0.2, 0.25) is 0 Å². The summed E-state index contributed by atoms with van der Waals surface area (Å²) in [5.74, 6) is 1.23. The van der Waals surface area contributed by atoms with Gasteiger partial charge >= 0.3 is 0 Å². The van der Waals surface area contributed by atoms with Gasteiger partial charge in [-0.15, -0.1) is 0 Å². The van der Waals surface area contributed by atoms with Crippen LogP contribution >= 0.6 is 0 Å². The molecule has 0 bridgehead atoms. The van der Waals surface area contributed by atoms with Gasteiger partial charge in [-0.1, -0.05) is 13.3 Å². The highest BCUT2D eigenvalue weighted by Gasteiger charge is 2.60. The zero-order valence-electron chi connectivity index (χ0n) is 8.01. The molecule has 0 amide bonds. The van der Waals surface area contributed by atoms with Gasteiger partial charge in [-0.3, -0.25) is 0 Å². The Balaban J connectivity index is 1.91. The molecule has 0 saturated heterocycles. The predicted octanol–water partition coefficient (Wildman–Crippen LogP) is 1.27. The molecule has 0 aromatic rings. The first-order valence-electron chi connectivity index (χ1n) is 5.01. The van der Waals surface area contributed by atoms with Crippen molar-refractivity contribution in [3.63, 3.8) is 0 Å². The predicted molar refractivity (Wildman–Crippen MR) is 48.7 cm³/mol. The van der Waals surface area contributed by atoms with Crippen molar-refractivity contribution in [3.05, 3.63) is 0 Å². The second-order valence-corrected chi connectivity index (χ2v) is 4.92. The van der Waals surface area contributed by atoms with Crippen molar-refractivity contribution in [2.24, 2.45) is 17.6 Å². The van der Waals surface area contributed by atoms with E-state index < -0.39 is 0 Å². The Bertz CT molecular complexity index is 196. The third-order valence-electron chi connectivity index (χ3n) is 3.84. The standard InChI is InChI=1S/C10H19NO/c1-3-7-8(9(7,2)11)6-10(12)4-5-10/h7-8,12H,3-6,11H2,1-2H3/t7-,8-,9+/m0/s1. The van der Waals surface area contributed by atoms with Crippen LogP contribution in [0.1, 0.15) is 39.5 Å². The average Bonchev–Trinajstić information content (AvgIpc) is 2.78. The number of hydrogen-bond donors (Lipinski definition) is 2. The molecule has 0 heterocycles. The molecule has 70 valence electrons. The summed E-state index contributed by atoms with van der Waals surface area (Å²) in [6, 6.07) is 0. The molecule has 0 unspecified atom stereocenters. The normalized spacial score (nSPS) is 49.0. The lowest BCUT2D eigenvalue weighted by Gasteiger charge is -2.07. The summed E-state index contributed by atoms with van der Waals surface area (Å²) in [7, 11) is 0. The van der Waals surface area contributed by atoms with E-state index in [-0.39, 0.29) is 11.1 Å². The van der Waals surface area contributed by atoms with Crippen molar-refractivity contribution in [2.45, 2.75) is 50.7 Å². The van der Waals surface area contributed by atoms with Gasteiger partial charge in [0, 0.05) is 5.54 Å². The highest BCUT2D eigenvalue weighted by molar-refractivity contribution is 5.15. The minimum atomic E-state index is -0.310. The first-order valence-corrected chi connectivity index (χ1v) is 5.01. The first kappa shape index (κ1) is 8.52. The Morgan fingerprint density at radius 1 is 1.42 bits per heavy atom. The van der Waals surface area contributed by atoms with E-state index in [1.807, 2.05) is 0 Å². The lowest BCUT2D eigenvalue weighted by atomic mass is 10.1. The van der Waals surface area contributed by atoms with Crippen LogP contribution < -0.4 is 5.73 Å². The summed E-state index contributed by atoms with van der Waals surface area (Å²) in [6.45, 7) is 4.31. The minimum absolute atomic E-state index is 0.0209. The molecule has 2 aliphatic rings. The van der Waals surface area contributed by atoms with Gasteiger partial charge in [-0.05, 0) is 38.0 Å². The molecule has 12 heavy (non-hydrogen) atoms. The summed E-state index contributed by atoms with van der Waals surface area (Å²) in [6.07, 6.45) is 4.10. The van der Waals surface area contributed by atoms with E-state index in [9.17, 15) is 5.11 Å². The molecule has 0 aliphatic heterocycles. The van der Waals surface area contributed by atoms with Gasteiger partial charge in [0.15, 0.2) is 0 Å². The molecule has 0 aromatic carbocycles. The van der Waals surface area contributed by atoms with Crippen molar-refractivity contribution in [2.75, 3.05) is 0 Å². The van der Waals surface area contributed by atoms with Gasteiger partial charge in [0.1, 0.15) is 0 Å². The van der Waals surface area contributed by atoms with Crippen LogP contribution in [-0.2, 0) is 0 Å². The fraction of sp³-hybridized carbons (Fsp3) is 1.00. The molecular weight excluding hydrogens is 150 g/mol. The highest BCUT2D eigenvalue weighted by Crippen LogP contribution is 2.57. The molecule has 3 N–H and O–H groups in total. The van der Waals surface area contributed by atoms with Crippen LogP contribution in [0.3, 0.4) is 0 Å². The molecule has 0 spiro atoms. The quantitative estimate of drug-likeness (QED) is 0.668. The van der Waals surface area contributed by atoms with Gasteiger partial charge in [0.25, 0.3) is 0 Å². The second-order valence-electron chi connectivity index (χ2n) is 4.92. The number of aliphatic hydroxyl groups is 1. The van der Waals surface area contributed by atoms with Crippen LogP contribution in [0.5, 0.6) is 0 Å². The van der Waals surface area contributed by atoms with Crippen molar-refractivity contribution in [1.29, 1.82) is 0 Å². The third-order valence-corrected chi connectivity index (χ3v) is 3.84. The van der Waals surface area contributed by atoms with E-state index in [4.69, 9.17) is 5.73 Å². The van der Waals surface area contributed by atoms with Crippen molar-refractivity contribution < 1.29 is 5.11 Å². The van der Waals surface area contributed by atoms with Crippen molar-refractivity contribution in [1.82, 2.24) is 0 Å². The van der Waals surface area contributed by atoms with Gasteiger partial charge in [-0.25, -0.2) is 0 Å². The van der Waals surface area contributed by atoms with Crippen molar-refractivity contribution in [3.8, 4) is 0 Å². The fourth-order valence-corrected chi connectivity index (χ4v) is 2.57. The molecule has 2 fully saturated rings. The van der Waals surface area contributed by atoms with Crippen LogP contribution in [0, 0.1) is 11.8 Å². The summed E-state index contributed by atoms with van der Waals surface area (Å²) in [5.41, 5.74) is 5.80. The Morgan fingerprint density at radius 2 is 2.00 bits per heavy atom. The Hall–Kier alpha value is -0.0800. The minimum Gasteiger partial charge on any atom is -0.390 e. The Kier molecular flexibility index (Phi) is 1.59. The molecule has 2 nitrogen and oxygen atoms in total. The van der Waals surface area contributed by atoms with E-state index in [0.717, 1.165) is 25.7 Å². The molecule has 0 radical (unpaired) electrons. The number of nitrogens with two attached hydrogens (primary N) is 1. The van der Waals surface area contributed by atoms with E-state index in [2.05, 4.69) is 13.8 Å². The molecule has 0 aromatic heterocycles. The van der Waals surface area contributed by atoms with E-state index in [1.54, 1.807) is 0 Å². The maximum Gasteiger partial charge on any atom is 0.0653 e. The van der Waals surface area contributed by atoms with Crippen LogP contribution in [0.25, 0.3) is 0 Å². The SMILES string of the molecule is CC[C@H]1[C@H](CC2(O)CC2)[C@]1(C)N. The summed E-state index contributed by atoms with van der Waals surface area (Å²) in [4.78, 5) is 0. The van der Waals surface area contributed by atoms with Gasteiger partial charge in [-0.2, -0.15) is 0 Å². The molecule has 2 aliphatic carbocycles. The molecule has 2 rings (SSSR count). The molecule has 3 atom stereocenters. The summed E-state index contributed by atoms with van der Waals surface area (Å²) in [5, 5.41) is 9.73. The monoisotopic (exact) mass is 169 g/mol. The van der Waals surface area contributed by atoms with E-state index in [1.165, 1.54) is 0 Å².